The van der Waals surface area contributed by atoms with Crippen molar-refractivity contribution in [2.24, 2.45) is 0 Å². The predicted molar refractivity (Wildman–Crippen MR) is 112 cm³/mol. The largest absolute Gasteiger partial charge is 0.351 e. The molecule has 6 aromatic rings. The first-order chi connectivity index (χ1) is 15.0. The van der Waals surface area contributed by atoms with Gasteiger partial charge in [-0.25, -0.2) is 29.9 Å². The Kier molecular flexibility index (Phi) is 20.5. The topological polar surface area (TPSA) is 172 Å². The number of hydrogen-bond acceptors (Lipinski definition) is 6. The zero-order chi connectivity index (χ0) is 21.2. The Morgan fingerprint density at radius 3 is 0.484 bits per heavy atom. The summed E-state index contributed by atoms with van der Waals surface area (Å²) in [4.78, 5) is 38.5. The van der Waals surface area contributed by atoms with Crippen LogP contribution in [0, 0.1) is 0 Å². The molecule has 6 heterocycles. The van der Waals surface area contributed by atoms with Crippen LogP contribution in [0.3, 0.4) is 0 Å². The summed E-state index contributed by atoms with van der Waals surface area (Å²) in [6.45, 7) is 0. The normalized spacial score (nSPS) is 7.74. The van der Waals surface area contributed by atoms with Gasteiger partial charge in [0.2, 0.25) is 0 Å². The third-order valence-corrected chi connectivity index (χ3v) is 2.44. The minimum Gasteiger partial charge on any atom is -0.351 e. The average Bonchev–Trinajstić information content (AvgIpc) is 3.69. The Morgan fingerprint density at radius 2 is 0.452 bits per heavy atom. The van der Waals surface area contributed by atoms with E-state index in [2.05, 4.69) is 59.8 Å². The van der Waals surface area contributed by atoms with Crippen molar-refractivity contribution in [3.63, 3.8) is 0 Å². The molecule has 6 aromatic heterocycles. The summed E-state index contributed by atoms with van der Waals surface area (Å²) in [6, 6.07) is 0. The summed E-state index contributed by atoms with van der Waals surface area (Å²) < 4.78 is 0. The van der Waals surface area contributed by atoms with Crippen molar-refractivity contribution >= 4 is 0 Å². The van der Waals surface area contributed by atoms with Gasteiger partial charge in [-0.1, -0.05) is 0 Å². The Morgan fingerprint density at radius 1 is 0.290 bits per heavy atom. The Bertz CT molecular complexity index is 578. The zero-order valence-electron chi connectivity index (χ0n) is 16.4. The Balaban J connectivity index is 0.000000346. The second-order valence-corrected chi connectivity index (χ2v) is 4.56. The number of nitrogens with one attached hydrogen (secondary N) is 6. The Hall–Kier alpha value is -4.25. The van der Waals surface area contributed by atoms with Gasteiger partial charge in [-0.2, -0.15) is 0 Å². The molecular formula is C18H24N12Ni. The smallest absolute Gasteiger partial charge is 0.0919 e. The summed E-state index contributed by atoms with van der Waals surface area (Å²) in [5.74, 6) is 0. The first-order valence-electron chi connectivity index (χ1n) is 8.56. The maximum atomic E-state index is 3.67. The van der Waals surface area contributed by atoms with Gasteiger partial charge >= 0.3 is 0 Å². The molecule has 0 radical (unpaired) electrons. The maximum absolute atomic E-state index is 3.67. The molecule has 6 N–H and O–H groups in total. The second kappa shape index (κ2) is 23.8. The van der Waals surface area contributed by atoms with Crippen LogP contribution in [0.5, 0.6) is 0 Å². The second-order valence-electron chi connectivity index (χ2n) is 4.56. The van der Waals surface area contributed by atoms with E-state index in [4.69, 9.17) is 0 Å². The molecule has 31 heavy (non-hydrogen) atoms. The van der Waals surface area contributed by atoms with Gasteiger partial charge in [0.1, 0.15) is 0 Å². The van der Waals surface area contributed by atoms with Crippen molar-refractivity contribution in [3.05, 3.63) is 112 Å². The van der Waals surface area contributed by atoms with Crippen LogP contribution in [0.4, 0.5) is 0 Å². The van der Waals surface area contributed by atoms with Gasteiger partial charge in [0.05, 0.1) is 38.0 Å². The van der Waals surface area contributed by atoms with E-state index in [1.54, 1.807) is 112 Å². The number of imidazole rings is 6. The molecule has 12 nitrogen and oxygen atoms in total. The molecule has 0 saturated carbocycles. The molecule has 0 spiro atoms. The molecule has 0 amide bonds. The van der Waals surface area contributed by atoms with E-state index in [-0.39, 0.29) is 16.5 Å². The van der Waals surface area contributed by atoms with E-state index >= 15 is 0 Å². The van der Waals surface area contributed by atoms with E-state index in [0.29, 0.717) is 0 Å². The Labute approximate surface area is 188 Å². The molecule has 6 rings (SSSR count). The molecule has 0 atom stereocenters. The molecule has 0 aromatic carbocycles. The number of nitrogens with zero attached hydrogens (tertiary/aromatic N) is 6. The van der Waals surface area contributed by atoms with Crippen LogP contribution in [-0.2, 0) is 16.5 Å². The SMILES string of the molecule is [Ni].c1c[nH]cn1.c1c[nH]cn1.c1c[nH]cn1.c1c[nH]cn1.c1c[nH]cn1.c1c[nH]cn1. The number of aromatic nitrogens is 12. The third kappa shape index (κ3) is 21.9. The molecule has 0 bridgehead atoms. The van der Waals surface area contributed by atoms with Gasteiger partial charge in [-0.15, -0.1) is 0 Å². The minimum absolute atomic E-state index is 0. The standard InChI is InChI=1S/6C3H4N2.Ni/c6*1-2-5-3-4-1;/h6*1-3H,(H,4,5);. The van der Waals surface area contributed by atoms with Gasteiger partial charge in [-0.05, 0) is 0 Å². The van der Waals surface area contributed by atoms with Crippen LogP contribution in [0.25, 0.3) is 0 Å². The summed E-state index contributed by atoms with van der Waals surface area (Å²) in [7, 11) is 0. The van der Waals surface area contributed by atoms with Crippen molar-refractivity contribution in [1.82, 2.24) is 59.8 Å². The summed E-state index contributed by atoms with van der Waals surface area (Å²) >= 11 is 0. The zero-order valence-corrected chi connectivity index (χ0v) is 17.4. The van der Waals surface area contributed by atoms with Gasteiger partial charge < -0.3 is 29.9 Å². The van der Waals surface area contributed by atoms with Gasteiger partial charge in [0, 0.05) is 90.9 Å². The number of aromatic amines is 6. The van der Waals surface area contributed by atoms with E-state index < -0.39 is 0 Å². The van der Waals surface area contributed by atoms with Crippen LogP contribution in [0.15, 0.2) is 112 Å². The molecule has 166 valence electrons. The summed E-state index contributed by atoms with van der Waals surface area (Å²) in [5, 5.41) is 0. The van der Waals surface area contributed by atoms with Crippen LogP contribution in [0.1, 0.15) is 0 Å². The fourth-order valence-electron chi connectivity index (χ4n) is 1.29. The molecule has 0 aliphatic carbocycles. The number of rotatable bonds is 0. The average molecular weight is 467 g/mol. The van der Waals surface area contributed by atoms with Crippen molar-refractivity contribution in [1.29, 1.82) is 0 Å². The van der Waals surface area contributed by atoms with Gasteiger partial charge in [-0.3, -0.25) is 0 Å². The predicted octanol–water partition coefficient (Wildman–Crippen LogP) is 2.46. The minimum atomic E-state index is 0. The van der Waals surface area contributed by atoms with E-state index in [0.717, 1.165) is 0 Å². The van der Waals surface area contributed by atoms with Gasteiger partial charge in [0.15, 0.2) is 0 Å². The van der Waals surface area contributed by atoms with Crippen LogP contribution >= 0.6 is 0 Å². The maximum Gasteiger partial charge on any atom is 0.0919 e. The van der Waals surface area contributed by atoms with Crippen molar-refractivity contribution in [3.8, 4) is 0 Å². The fraction of sp³-hybridized carbons (Fsp3) is 0. The summed E-state index contributed by atoms with van der Waals surface area (Å²) in [5.41, 5.74) is 0. The van der Waals surface area contributed by atoms with E-state index in [1.165, 1.54) is 0 Å². The molecule has 13 heteroatoms. The van der Waals surface area contributed by atoms with Crippen molar-refractivity contribution in [2.45, 2.75) is 0 Å². The molecule has 0 unspecified atom stereocenters. The molecule has 0 saturated heterocycles. The third-order valence-electron chi connectivity index (χ3n) is 2.44. The molecule has 0 aliphatic rings. The summed E-state index contributed by atoms with van der Waals surface area (Å²) in [6.07, 6.45) is 30.5. The van der Waals surface area contributed by atoms with E-state index in [1.807, 2.05) is 0 Å². The van der Waals surface area contributed by atoms with Gasteiger partial charge in [0.25, 0.3) is 0 Å². The van der Waals surface area contributed by atoms with Crippen molar-refractivity contribution < 1.29 is 16.5 Å². The monoisotopic (exact) mass is 466 g/mol. The van der Waals surface area contributed by atoms with E-state index in [9.17, 15) is 0 Å². The van der Waals surface area contributed by atoms with Crippen LogP contribution in [0.2, 0.25) is 0 Å². The van der Waals surface area contributed by atoms with Crippen molar-refractivity contribution in [2.75, 3.05) is 0 Å². The molecular weight excluding hydrogens is 443 g/mol. The first-order valence-corrected chi connectivity index (χ1v) is 8.56. The fourth-order valence-corrected chi connectivity index (χ4v) is 1.29. The quantitative estimate of drug-likeness (QED) is 0.187. The first kappa shape index (κ1) is 26.8. The molecule has 0 aliphatic heterocycles. The number of H-pyrrole nitrogens is 6. The van der Waals surface area contributed by atoms with Crippen LogP contribution < -0.4 is 0 Å². The molecule has 0 fully saturated rings. The number of hydrogen-bond donors (Lipinski definition) is 6. The van der Waals surface area contributed by atoms with Crippen LogP contribution in [-0.4, -0.2) is 59.8 Å².